The molecule has 3 nitrogen and oxygen atoms in total. The van der Waals surface area contributed by atoms with Crippen molar-refractivity contribution >= 4 is 11.8 Å². The molecule has 1 aliphatic heterocycles. The van der Waals surface area contributed by atoms with E-state index in [0.717, 1.165) is 24.8 Å². The molecule has 0 unspecified atom stereocenters. The highest BCUT2D eigenvalue weighted by atomic mass is 16.6. The van der Waals surface area contributed by atoms with E-state index < -0.39 is 0 Å². The number of allylic oxidation sites excluding steroid dienone is 1. The highest BCUT2D eigenvalue weighted by Gasteiger charge is 2.55. The van der Waals surface area contributed by atoms with Gasteiger partial charge in [0.25, 0.3) is 0 Å². The Hall–Kier alpha value is -1.12. The van der Waals surface area contributed by atoms with Gasteiger partial charge in [-0.15, -0.1) is 0 Å². The molecule has 98 valence electrons. The van der Waals surface area contributed by atoms with Gasteiger partial charge in [0, 0.05) is 12.3 Å². The second-order valence-electron chi connectivity index (χ2n) is 6.30. The summed E-state index contributed by atoms with van der Waals surface area (Å²) in [4.78, 5) is 24.1. The minimum Gasteiger partial charge on any atom is -0.457 e. The fraction of sp³-hybridized carbons (Fsp3) is 0.733. The average Bonchev–Trinajstić information content (AvgIpc) is 2.60. The first-order valence-corrected chi connectivity index (χ1v) is 6.89. The molecule has 0 aromatic carbocycles. The topological polar surface area (TPSA) is 43.4 Å². The van der Waals surface area contributed by atoms with E-state index in [4.69, 9.17) is 4.74 Å². The summed E-state index contributed by atoms with van der Waals surface area (Å²) in [6, 6.07) is 0. The van der Waals surface area contributed by atoms with Crippen molar-refractivity contribution in [1.82, 2.24) is 0 Å². The smallest absolute Gasteiger partial charge is 0.309 e. The van der Waals surface area contributed by atoms with Gasteiger partial charge in [0.15, 0.2) is 0 Å². The summed E-state index contributed by atoms with van der Waals surface area (Å²) in [6.07, 6.45) is 3.15. The lowest BCUT2D eigenvalue weighted by Gasteiger charge is -2.44. The van der Waals surface area contributed by atoms with Gasteiger partial charge in [-0.2, -0.15) is 0 Å². The van der Waals surface area contributed by atoms with E-state index >= 15 is 0 Å². The highest BCUT2D eigenvalue weighted by Crippen LogP contribution is 2.53. The normalized spacial score (nSPS) is 43.6. The van der Waals surface area contributed by atoms with Crippen molar-refractivity contribution in [1.29, 1.82) is 0 Å². The molecule has 3 rings (SSSR count). The first-order chi connectivity index (χ1) is 8.45. The molecule has 0 aromatic heterocycles. The summed E-state index contributed by atoms with van der Waals surface area (Å²) in [5.74, 6) is 0.503. The van der Waals surface area contributed by atoms with Crippen molar-refractivity contribution in [2.75, 3.05) is 0 Å². The van der Waals surface area contributed by atoms with Crippen LogP contribution >= 0.6 is 0 Å². The molecule has 1 heterocycles. The predicted octanol–water partition coefficient (Wildman–Crippen LogP) is 2.64. The van der Waals surface area contributed by atoms with Crippen LogP contribution in [0.5, 0.6) is 0 Å². The van der Waals surface area contributed by atoms with Crippen LogP contribution in [0.3, 0.4) is 0 Å². The molecule has 0 amide bonds. The first kappa shape index (κ1) is 11.9. The summed E-state index contributed by atoms with van der Waals surface area (Å²) in [6.45, 7) is 6.09. The number of ketones is 1. The number of carbonyl (C=O) groups excluding carboxylic acids is 2. The SMILES string of the molecule is CC1=C2[C@H]3OC(=O)[C@@H](C)[C@H]3CC[C@]2(C)C(=O)CC1. The van der Waals surface area contributed by atoms with Crippen LogP contribution in [0, 0.1) is 17.3 Å². The fourth-order valence-corrected chi connectivity index (χ4v) is 4.05. The van der Waals surface area contributed by atoms with E-state index in [1.807, 2.05) is 13.8 Å². The second-order valence-corrected chi connectivity index (χ2v) is 6.30. The summed E-state index contributed by atoms with van der Waals surface area (Å²) in [7, 11) is 0. The van der Waals surface area contributed by atoms with Gasteiger partial charge in [-0.25, -0.2) is 0 Å². The van der Waals surface area contributed by atoms with Gasteiger partial charge in [-0.05, 0) is 38.7 Å². The number of hydrogen-bond donors (Lipinski definition) is 0. The maximum absolute atomic E-state index is 12.3. The lowest BCUT2D eigenvalue weighted by atomic mass is 9.59. The zero-order chi connectivity index (χ0) is 13.1. The Balaban J connectivity index is 2.08. The minimum atomic E-state index is -0.367. The third-order valence-electron chi connectivity index (χ3n) is 5.30. The molecule has 2 aliphatic carbocycles. The van der Waals surface area contributed by atoms with E-state index in [1.165, 1.54) is 5.57 Å². The van der Waals surface area contributed by atoms with E-state index in [0.29, 0.717) is 12.2 Å². The lowest BCUT2D eigenvalue weighted by molar-refractivity contribution is -0.144. The number of rotatable bonds is 0. The molecule has 0 spiro atoms. The molecule has 3 aliphatic rings. The number of fused-ring (bicyclic) bond motifs is 3. The van der Waals surface area contributed by atoms with Crippen molar-refractivity contribution in [2.45, 2.75) is 52.6 Å². The Morgan fingerprint density at radius 1 is 1.28 bits per heavy atom. The van der Waals surface area contributed by atoms with Crippen molar-refractivity contribution < 1.29 is 14.3 Å². The molecule has 0 N–H and O–H groups in total. The molecule has 18 heavy (non-hydrogen) atoms. The molecule has 4 atom stereocenters. The van der Waals surface area contributed by atoms with Gasteiger partial charge >= 0.3 is 5.97 Å². The highest BCUT2D eigenvalue weighted by molar-refractivity contribution is 5.90. The fourth-order valence-electron chi connectivity index (χ4n) is 4.05. The number of ether oxygens (including phenoxy) is 1. The van der Waals surface area contributed by atoms with Gasteiger partial charge in [0.05, 0.1) is 11.3 Å². The molecule has 0 aromatic rings. The number of esters is 1. The second kappa shape index (κ2) is 3.69. The van der Waals surface area contributed by atoms with Crippen LogP contribution in [0.2, 0.25) is 0 Å². The third-order valence-corrected chi connectivity index (χ3v) is 5.30. The number of hydrogen-bond acceptors (Lipinski definition) is 3. The number of Topliss-reactive ketones (excluding diaryl/α,β-unsaturated/α-hetero) is 1. The van der Waals surface area contributed by atoms with Crippen LogP contribution in [0.15, 0.2) is 11.1 Å². The molecular formula is C15H20O3. The molecule has 0 radical (unpaired) electrons. The van der Waals surface area contributed by atoms with E-state index in [2.05, 4.69) is 6.92 Å². The summed E-state index contributed by atoms with van der Waals surface area (Å²) >= 11 is 0. The predicted molar refractivity (Wildman–Crippen MR) is 66.8 cm³/mol. The van der Waals surface area contributed by atoms with Gasteiger partial charge in [0.2, 0.25) is 0 Å². The molecule has 0 bridgehead atoms. The van der Waals surface area contributed by atoms with Crippen LogP contribution in [-0.4, -0.2) is 17.9 Å². The molecule has 2 fully saturated rings. The van der Waals surface area contributed by atoms with Crippen LogP contribution in [0.25, 0.3) is 0 Å². The van der Waals surface area contributed by atoms with E-state index in [1.54, 1.807) is 0 Å². The van der Waals surface area contributed by atoms with Gasteiger partial charge in [-0.3, -0.25) is 9.59 Å². The first-order valence-electron chi connectivity index (χ1n) is 6.89. The van der Waals surface area contributed by atoms with Crippen LogP contribution < -0.4 is 0 Å². The average molecular weight is 248 g/mol. The van der Waals surface area contributed by atoms with Crippen molar-refractivity contribution in [2.24, 2.45) is 17.3 Å². The monoisotopic (exact) mass is 248 g/mol. The van der Waals surface area contributed by atoms with Crippen molar-refractivity contribution in [3.05, 3.63) is 11.1 Å². The molecular weight excluding hydrogens is 228 g/mol. The Kier molecular flexibility index (Phi) is 2.45. The lowest BCUT2D eigenvalue weighted by Crippen LogP contribution is -2.45. The zero-order valence-electron chi connectivity index (χ0n) is 11.3. The van der Waals surface area contributed by atoms with Crippen LogP contribution in [0.4, 0.5) is 0 Å². The van der Waals surface area contributed by atoms with E-state index in [-0.39, 0.29) is 29.3 Å². The van der Waals surface area contributed by atoms with Crippen LogP contribution in [-0.2, 0) is 14.3 Å². The largest absolute Gasteiger partial charge is 0.457 e. The maximum atomic E-state index is 12.3. The quantitative estimate of drug-likeness (QED) is 0.489. The standard InChI is InChI=1S/C15H20O3/c1-8-4-5-11(16)15(3)7-6-10-9(2)14(17)18-13(10)12(8)15/h9-10,13H,4-7H2,1-3H3/t9-,10+,13-,15+/m0/s1. The van der Waals surface area contributed by atoms with Gasteiger partial charge in [0.1, 0.15) is 11.9 Å². The molecule has 1 saturated carbocycles. The van der Waals surface area contributed by atoms with Crippen LogP contribution in [0.1, 0.15) is 46.5 Å². The van der Waals surface area contributed by atoms with Crippen molar-refractivity contribution in [3.63, 3.8) is 0 Å². The van der Waals surface area contributed by atoms with Crippen molar-refractivity contribution in [3.8, 4) is 0 Å². The molecule has 1 saturated heterocycles. The summed E-state index contributed by atoms with van der Waals surface area (Å²) in [5, 5.41) is 0. The van der Waals surface area contributed by atoms with Gasteiger partial charge in [-0.1, -0.05) is 12.5 Å². The Morgan fingerprint density at radius 2 is 2.00 bits per heavy atom. The summed E-state index contributed by atoms with van der Waals surface area (Å²) < 4.78 is 5.58. The maximum Gasteiger partial charge on any atom is 0.309 e. The number of carbonyl (C=O) groups is 2. The Labute approximate surface area is 108 Å². The Morgan fingerprint density at radius 3 is 2.72 bits per heavy atom. The minimum absolute atomic E-state index is 0.0168. The summed E-state index contributed by atoms with van der Waals surface area (Å²) in [5.41, 5.74) is 2.04. The van der Waals surface area contributed by atoms with E-state index in [9.17, 15) is 9.59 Å². The Bertz CT molecular complexity index is 462. The van der Waals surface area contributed by atoms with Gasteiger partial charge < -0.3 is 4.74 Å². The zero-order valence-corrected chi connectivity index (χ0v) is 11.3. The molecule has 3 heteroatoms. The third kappa shape index (κ3) is 1.36.